The first-order valence-corrected chi connectivity index (χ1v) is 8.63. The van der Waals surface area contributed by atoms with E-state index in [-0.39, 0.29) is 11.3 Å². The van der Waals surface area contributed by atoms with Gasteiger partial charge >= 0.3 is 0 Å². The number of thioether (sulfide) groups is 1. The monoisotopic (exact) mass is 314 g/mol. The molecule has 0 aliphatic carbocycles. The number of amides is 1. The Balaban J connectivity index is 1.74. The number of rotatable bonds is 1. The first-order valence-electron chi connectivity index (χ1n) is 7.81. The lowest BCUT2D eigenvalue weighted by atomic mass is 9.87. The minimum absolute atomic E-state index is 0.105. The fourth-order valence-electron chi connectivity index (χ4n) is 2.67. The van der Waals surface area contributed by atoms with Crippen LogP contribution < -0.4 is 0 Å². The van der Waals surface area contributed by atoms with E-state index in [9.17, 15) is 4.79 Å². The molecule has 0 spiro atoms. The summed E-state index contributed by atoms with van der Waals surface area (Å²) in [5, 5.41) is 0.875. The Kier molecular flexibility index (Phi) is 4.13. The van der Waals surface area contributed by atoms with E-state index in [1.165, 1.54) is 30.2 Å². The Hall–Kier alpha value is -1.55. The van der Waals surface area contributed by atoms with Crippen molar-refractivity contribution >= 4 is 28.9 Å². The van der Waals surface area contributed by atoms with Crippen molar-refractivity contribution < 1.29 is 4.79 Å². The summed E-state index contributed by atoms with van der Waals surface area (Å²) >= 11 is 1.51. The van der Waals surface area contributed by atoms with Crippen molar-refractivity contribution in [2.75, 3.05) is 13.1 Å². The number of hydrogen-bond acceptors (Lipinski definition) is 3. The lowest BCUT2D eigenvalue weighted by Crippen LogP contribution is -2.23. The first kappa shape index (κ1) is 15.3. The van der Waals surface area contributed by atoms with Gasteiger partial charge in [0.1, 0.15) is 0 Å². The minimum Gasteiger partial charge on any atom is -0.351 e. The van der Waals surface area contributed by atoms with E-state index in [4.69, 9.17) is 0 Å². The minimum atomic E-state index is -0.105. The summed E-state index contributed by atoms with van der Waals surface area (Å²) in [4.78, 5) is 19.2. The van der Waals surface area contributed by atoms with E-state index < -0.39 is 0 Å². The Morgan fingerprint density at radius 2 is 1.77 bits per heavy atom. The number of carbonyl (C=O) groups is 1. The zero-order chi connectivity index (χ0) is 15.7. The number of hydrogen-bond donors (Lipinski definition) is 0. The van der Waals surface area contributed by atoms with Crippen molar-refractivity contribution in [3.8, 4) is 0 Å². The summed E-state index contributed by atoms with van der Waals surface area (Å²) in [5.41, 5.74) is 2.51. The molecule has 1 amide bonds. The molecule has 0 saturated carbocycles. The van der Waals surface area contributed by atoms with Crippen molar-refractivity contribution in [2.45, 2.75) is 39.0 Å². The fraction of sp³-hybridized carbons (Fsp3) is 0.444. The number of nitrogens with zero attached hydrogens (tertiary/aromatic N) is 2. The third-order valence-electron chi connectivity index (χ3n) is 4.06. The van der Waals surface area contributed by atoms with E-state index in [1.54, 1.807) is 0 Å². The van der Waals surface area contributed by atoms with Crippen LogP contribution in [0.2, 0.25) is 0 Å². The third-order valence-corrected chi connectivity index (χ3v) is 5.10. The predicted octanol–water partition coefficient (Wildman–Crippen LogP) is 4.05. The van der Waals surface area contributed by atoms with Gasteiger partial charge in [-0.15, -0.1) is 0 Å². The Bertz CT molecular complexity index is 632. The molecule has 116 valence electrons. The van der Waals surface area contributed by atoms with E-state index in [0.29, 0.717) is 0 Å². The molecule has 4 heteroatoms. The van der Waals surface area contributed by atoms with Gasteiger partial charge in [-0.25, -0.2) is 0 Å². The second-order valence-corrected chi connectivity index (χ2v) is 7.89. The molecule has 2 aliphatic heterocycles. The van der Waals surface area contributed by atoms with E-state index >= 15 is 0 Å². The van der Waals surface area contributed by atoms with Crippen LogP contribution in [0.5, 0.6) is 0 Å². The van der Waals surface area contributed by atoms with Crippen LogP contribution in [-0.4, -0.2) is 29.1 Å². The van der Waals surface area contributed by atoms with Gasteiger partial charge in [0.25, 0.3) is 5.91 Å². The molecule has 0 N–H and O–H groups in total. The Labute approximate surface area is 136 Å². The normalized spacial score (nSPS) is 20.9. The van der Waals surface area contributed by atoms with Gasteiger partial charge in [-0.2, -0.15) is 4.99 Å². The summed E-state index contributed by atoms with van der Waals surface area (Å²) in [5.74, 6) is -0.105. The SMILES string of the molecule is CC(C)(C)c1ccc(/C=C2\SC(N3CCCC3)=NC2=O)cc1. The highest BCUT2D eigenvalue weighted by atomic mass is 32.2. The molecule has 0 radical (unpaired) electrons. The van der Waals surface area contributed by atoms with E-state index in [1.807, 2.05) is 6.08 Å². The standard InChI is InChI=1S/C18H22N2OS/c1-18(2,3)14-8-6-13(7-9-14)12-15-16(21)19-17(22-15)20-10-4-5-11-20/h6-9,12H,4-5,10-11H2,1-3H3/b15-12-. The molecular formula is C18H22N2OS. The molecule has 2 aliphatic rings. The molecule has 1 aromatic rings. The zero-order valence-corrected chi connectivity index (χ0v) is 14.2. The molecule has 1 aromatic carbocycles. The Morgan fingerprint density at radius 3 is 2.36 bits per heavy atom. The van der Waals surface area contributed by atoms with Crippen molar-refractivity contribution in [1.29, 1.82) is 0 Å². The molecule has 22 heavy (non-hydrogen) atoms. The molecule has 0 atom stereocenters. The van der Waals surface area contributed by atoms with Gasteiger partial charge in [0.05, 0.1) is 4.91 Å². The highest BCUT2D eigenvalue weighted by Gasteiger charge is 2.27. The maximum atomic E-state index is 12.1. The lowest BCUT2D eigenvalue weighted by molar-refractivity contribution is -0.113. The van der Waals surface area contributed by atoms with Crippen LogP contribution in [0.15, 0.2) is 34.2 Å². The van der Waals surface area contributed by atoms with Crippen molar-refractivity contribution in [3.63, 3.8) is 0 Å². The second kappa shape index (κ2) is 5.92. The maximum absolute atomic E-state index is 12.1. The molecule has 0 aromatic heterocycles. The summed E-state index contributed by atoms with van der Waals surface area (Å²) in [6.45, 7) is 8.65. The maximum Gasteiger partial charge on any atom is 0.286 e. The molecule has 0 bridgehead atoms. The lowest BCUT2D eigenvalue weighted by Gasteiger charge is -2.18. The van der Waals surface area contributed by atoms with Gasteiger partial charge in [-0.05, 0) is 47.2 Å². The highest BCUT2D eigenvalue weighted by Crippen LogP contribution is 2.32. The van der Waals surface area contributed by atoms with Gasteiger partial charge < -0.3 is 4.90 Å². The number of likely N-dealkylation sites (tertiary alicyclic amines) is 1. The van der Waals surface area contributed by atoms with Crippen LogP contribution in [-0.2, 0) is 10.2 Å². The van der Waals surface area contributed by atoms with Gasteiger partial charge in [0, 0.05) is 13.1 Å². The van der Waals surface area contributed by atoms with Crippen molar-refractivity contribution in [2.24, 2.45) is 4.99 Å². The summed E-state index contributed by atoms with van der Waals surface area (Å²) in [6, 6.07) is 8.43. The number of amidine groups is 1. The van der Waals surface area contributed by atoms with Gasteiger partial charge in [-0.1, -0.05) is 45.0 Å². The number of aliphatic imine (C=N–C) groups is 1. The molecule has 2 heterocycles. The predicted molar refractivity (Wildman–Crippen MR) is 94.0 cm³/mol. The molecule has 1 saturated heterocycles. The second-order valence-electron chi connectivity index (χ2n) is 6.88. The largest absolute Gasteiger partial charge is 0.351 e. The number of benzene rings is 1. The topological polar surface area (TPSA) is 32.7 Å². The molecular weight excluding hydrogens is 292 g/mol. The number of carbonyl (C=O) groups excluding carboxylic acids is 1. The zero-order valence-electron chi connectivity index (χ0n) is 13.4. The Morgan fingerprint density at radius 1 is 1.14 bits per heavy atom. The van der Waals surface area contributed by atoms with Gasteiger partial charge in [-0.3, -0.25) is 4.79 Å². The average Bonchev–Trinajstić information content (AvgIpc) is 3.09. The summed E-state index contributed by atoms with van der Waals surface area (Å²) < 4.78 is 0. The quantitative estimate of drug-likeness (QED) is 0.733. The van der Waals surface area contributed by atoms with Crippen LogP contribution >= 0.6 is 11.8 Å². The molecule has 1 fully saturated rings. The van der Waals surface area contributed by atoms with Gasteiger partial charge in [0.2, 0.25) is 0 Å². The third kappa shape index (κ3) is 3.27. The smallest absolute Gasteiger partial charge is 0.286 e. The van der Waals surface area contributed by atoms with Crippen LogP contribution in [0, 0.1) is 0 Å². The fourth-order valence-corrected chi connectivity index (χ4v) is 3.64. The van der Waals surface area contributed by atoms with Crippen LogP contribution in [0.1, 0.15) is 44.7 Å². The van der Waals surface area contributed by atoms with Crippen molar-refractivity contribution in [1.82, 2.24) is 4.90 Å². The van der Waals surface area contributed by atoms with E-state index in [0.717, 1.165) is 28.7 Å². The molecule has 3 nitrogen and oxygen atoms in total. The van der Waals surface area contributed by atoms with Crippen molar-refractivity contribution in [3.05, 3.63) is 40.3 Å². The molecule has 0 unspecified atom stereocenters. The molecule has 3 rings (SSSR count). The summed E-state index contributed by atoms with van der Waals surface area (Å²) in [7, 11) is 0. The van der Waals surface area contributed by atoms with Crippen LogP contribution in [0.4, 0.5) is 0 Å². The highest BCUT2D eigenvalue weighted by molar-refractivity contribution is 8.18. The first-order chi connectivity index (χ1) is 10.4. The average molecular weight is 314 g/mol. The van der Waals surface area contributed by atoms with Crippen LogP contribution in [0.3, 0.4) is 0 Å². The summed E-state index contributed by atoms with van der Waals surface area (Å²) in [6.07, 6.45) is 4.34. The van der Waals surface area contributed by atoms with Crippen LogP contribution in [0.25, 0.3) is 6.08 Å². The van der Waals surface area contributed by atoms with Gasteiger partial charge in [0.15, 0.2) is 5.17 Å². The van der Waals surface area contributed by atoms with E-state index in [2.05, 4.69) is 54.9 Å².